The number of halogens is 2. The van der Waals surface area contributed by atoms with Crippen molar-refractivity contribution in [3.63, 3.8) is 0 Å². The second-order valence-corrected chi connectivity index (χ2v) is 9.62. The van der Waals surface area contributed by atoms with Crippen molar-refractivity contribution in [3.8, 4) is 29.0 Å². The van der Waals surface area contributed by atoms with Crippen LogP contribution >= 0.6 is 11.6 Å². The van der Waals surface area contributed by atoms with Crippen molar-refractivity contribution >= 4 is 34.4 Å². The molecule has 2 saturated heterocycles. The third-order valence-electron chi connectivity index (χ3n) is 7.03. The predicted molar refractivity (Wildman–Crippen MR) is 140 cm³/mol. The van der Waals surface area contributed by atoms with Crippen LogP contribution in [0.3, 0.4) is 0 Å². The van der Waals surface area contributed by atoms with Crippen molar-refractivity contribution in [1.82, 2.24) is 29.3 Å². The number of hydrogen-bond donors (Lipinski definition) is 1. The molecule has 192 valence electrons. The summed E-state index contributed by atoms with van der Waals surface area (Å²) in [7, 11) is 3.37. The zero-order valence-corrected chi connectivity index (χ0v) is 21.4. The highest BCUT2D eigenvalue weighted by Gasteiger charge is 2.39. The molecule has 3 aromatic heterocycles. The first-order valence-electron chi connectivity index (χ1n) is 11.9. The monoisotopic (exact) mass is 523 g/mol. The summed E-state index contributed by atoms with van der Waals surface area (Å²) in [5.41, 5.74) is 8.88. The largest absolute Gasteiger partial charge is 0.480 e. The Kier molecular flexibility index (Phi) is 6.75. The van der Waals surface area contributed by atoms with Gasteiger partial charge in [-0.1, -0.05) is 24.1 Å². The summed E-state index contributed by atoms with van der Waals surface area (Å²) in [6.07, 6.45) is 2.15. The Morgan fingerprint density at radius 2 is 2.11 bits per heavy atom. The molecule has 5 rings (SSSR count). The molecule has 2 N–H and O–H groups in total. The lowest BCUT2D eigenvalue weighted by molar-refractivity contribution is -0.130. The molecule has 2 aliphatic heterocycles. The Balaban J connectivity index is 1.40. The van der Waals surface area contributed by atoms with Gasteiger partial charge in [0.05, 0.1) is 24.7 Å². The fourth-order valence-electron chi connectivity index (χ4n) is 5.06. The lowest BCUT2D eigenvalue weighted by Gasteiger charge is -2.46. The first-order valence-corrected chi connectivity index (χ1v) is 12.3. The molecule has 2 atom stereocenters. The van der Waals surface area contributed by atoms with Crippen molar-refractivity contribution in [1.29, 1.82) is 0 Å². The predicted octanol–water partition coefficient (Wildman–Crippen LogP) is 2.68. The average molecular weight is 524 g/mol. The maximum Gasteiger partial charge on any atom is 0.246 e. The van der Waals surface area contributed by atoms with E-state index in [1.807, 2.05) is 11.6 Å². The Bertz CT molecular complexity index is 1440. The number of likely N-dealkylation sites (tertiary alicyclic amines) is 2. The molecule has 11 heteroatoms. The maximum atomic E-state index is 14.8. The second-order valence-electron chi connectivity index (χ2n) is 9.21. The number of fused-ring (bicyclic) bond motifs is 1. The van der Waals surface area contributed by atoms with E-state index in [2.05, 4.69) is 38.3 Å². The molecule has 2 fully saturated rings. The van der Waals surface area contributed by atoms with Crippen LogP contribution in [-0.2, 0) is 11.8 Å². The minimum absolute atomic E-state index is 0.0852. The molecule has 0 radical (unpaired) electrons. The molecule has 9 nitrogen and oxygen atoms in total. The summed E-state index contributed by atoms with van der Waals surface area (Å²) in [5, 5.41) is 1.05. The van der Waals surface area contributed by atoms with Crippen LogP contribution in [0.1, 0.15) is 12.1 Å². The number of carbonyl (C=O) groups is 1. The van der Waals surface area contributed by atoms with E-state index < -0.39 is 6.17 Å². The summed E-state index contributed by atoms with van der Waals surface area (Å²) in [6, 6.07) is 3.29. The average Bonchev–Trinajstić information content (AvgIpc) is 3.16. The fourth-order valence-corrected chi connectivity index (χ4v) is 5.24. The van der Waals surface area contributed by atoms with E-state index in [1.54, 1.807) is 12.1 Å². The second kappa shape index (κ2) is 10.00. The normalized spacial score (nSPS) is 20.3. The highest BCUT2D eigenvalue weighted by molar-refractivity contribution is 6.31. The van der Waals surface area contributed by atoms with Crippen molar-refractivity contribution < 1.29 is 13.9 Å². The molecule has 3 aromatic rings. The smallest absolute Gasteiger partial charge is 0.246 e. The number of nitrogen functional groups attached to an aromatic ring is 1. The molecule has 1 amide bonds. The SMILES string of the molecule is C=CC(=O)N1CC[C@@H](N2CC(C#Cc3c(-c4ccc(Cl)c(OC)n4)c4c(N)ncnc4n3C)C2)[C@@H](F)C1. The van der Waals surface area contributed by atoms with Crippen LogP contribution in [0.4, 0.5) is 10.2 Å². The molecule has 37 heavy (non-hydrogen) atoms. The van der Waals surface area contributed by atoms with Gasteiger partial charge in [-0.3, -0.25) is 9.69 Å². The Hall–Kier alpha value is -3.68. The Morgan fingerprint density at radius 3 is 2.81 bits per heavy atom. The molecule has 0 spiro atoms. The Morgan fingerprint density at radius 1 is 1.32 bits per heavy atom. The summed E-state index contributed by atoms with van der Waals surface area (Å²) >= 11 is 6.20. The van der Waals surface area contributed by atoms with Gasteiger partial charge in [-0.2, -0.15) is 0 Å². The van der Waals surface area contributed by atoms with Gasteiger partial charge >= 0.3 is 0 Å². The van der Waals surface area contributed by atoms with Gasteiger partial charge in [-0.05, 0) is 30.6 Å². The van der Waals surface area contributed by atoms with Crippen LogP contribution < -0.4 is 10.5 Å². The molecule has 5 heterocycles. The van der Waals surface area contributed by atoms with Crippen molar-refractivity contribution in [2.75, 3.05) is 39.0 Å². The number of alkyl halides is 1. The molecule has 0 aliphatic carbocycles. The van der Waals surface area contributed by atoms with E-state index in [1.165, 1.54) is 24.4 Å². The van der Waals surface area contributed by atoms with Gasteiger partial charge in [-0.25, -0.2) is 19.3 Å². The highest BCUT2D eigenvalue weighted by atomic mass is 35.5. The van der Waals surface area contributed by atoms with E-state index in [9.17, 15) is 9.18 Å². The molecule has 2 aliphatic rings. The van der Waals surface area contributed by atoms with Crippen molar-refractivity contribution in [2.45, 2.75) is 18.6 Å². The van der Waals surface area contributed by atoms with Crippen molar-refractivity contribution in [3.05, 3.63) is 41.8 Å². The van der Waals surface area contributed by atoms with Gasteiger partial charge < -0.3 is 19.9 Å². The van der Waals surface area contributed by atoms with Crippen molar-refractivity contribution in [2.24, 2.45) is 13.0 Å². The maximum absolute atomic E-state index is 14.8. The van der Waals surface area contributed by atoms with E-state index in [0.29, 0.717) is 70.8 Å². The van der Waals surface area contributed by atoms with Crippen LogP contribution in [0.5, 0.6) is 5.88 Å². The molecule has 0 saturated carbocycles. The summed E-state index contributed by atoms with van der Waals surface area (Å²) in [6.45, 7) is 5.45. The zero-order valence-electron chi connectivity index (χ0n) is 20.6. The topological polar surface area (TPSA) is 102 Å². The minimum Gasteiger partial charge on any atom is -0.480 e. The van der Waals surface area contributed by atoms with Crippen LogP contribution in [0.25, 0.3) is 22.3 Å². The number of nitrogens with zero attached hydrogens (tertiary/aromatic N) is 6. The summed E-state index contributed by atoms with van der Waals surface area (Å²) in [5.74, 6) is 7.12. The van der Waals surface area contributed by atoms with Gasteiger partial charge in [0.15, 0.2) is 0 Å². The number of hydrogen-bond acceptors (Lipinski definition) is 7. The van der Waals surface area contributed by atoms with E-state index in [0.717, 1.165) is 0 Å². The number of anilines is 1. The standard InChI is InChI=1S/C26H27ClFN7O2/c1-4-21(36)34-10-9-19(17(28)13-34)35-11-15(12-35)5-8-20-22(18-7-6-16(27)26(32-18)37-3)23-24(29)30-14-31-25(23)33(20)2/h4,6-7,14-15,17,19H,1,9-13H2,2-3H3,(H2,29,30,31)/t17-,19+/m0/s1. The molecular weight excluding hydrogens is 497 g/mol. The number of methoxy groups -OCH3 is 1. The zero-order chi connectivity index (χ0) is 26.3. The Labute approximate surface area is 219 Å². The van der Waals surface area contributed by atoms with E-state index >= 15 is 0 Å². The van der Waals surface area contributed by atoms with Gasteiger partial charge in [0, 0.05) is 44.2 Å². The van der Waals surface area contributed by atoms with Crippen LogP contribution in [0.2, 0.25) is 5.02 Å². The van der Waals surface area contributed by atoms with Gasteiger partial charge in [0.1, 0.15) is 34.7 Å². The number of rotatable bonds is 4. The van der Waals surface area contributed by atoms with Crippen LogP contribution in [0.15, 0.2) is 31.1 Å². The number of nitrogens with two attached hydrogens (primary N) is 1. The molecule has 0 bridgehead atoms. The van der Waals surface area contributed by atoms with Gasteiger partial charge in [0.2, 0.25) is 11.8 Å². The van der Waals surface area contributed by atoms with Crippen LogP contribution in [-0.4, -0.2) is 80.7 Å². The molecule has 0 unspecified atom stereocenters. The minimum atomic E-state index is -1.09. The number of aromatic nitrogens is 4. The number of piperidine rings is 1. The fraction of sp³-hybridized carbons (Fsp3) is 0.385. The summed E-state index contributed by atoms with van der Waals surface area (Å²) < 4.78 is 22.0. The van der Waals surface area contributed by atoms with Crippen LogP contribution in [0, 0.1) is 17.8 Å². The summed E-state index contributed by atoms with van der Waals surface area (Å²) in [4.78, 5) is 28.6. The van der Waals surface area contributed by atoms with Gasteiger partial charge in [-0.15, -0.1) is 0 Å². The van der Waals surface area contributed by atoms with E-state index in [4.69, 9.17) is 22.1 Å². The number of amides is 1. The quantitative estimate of drug-likeness (QED) is 0.414. The highest BCUT2D eigenvalue weighted by Crippen LogP contribution is 2.37. The number of carbonyl (C=O) groups excluding carboxylic acids is 1. The van der Waals surface area contributed by atoms with E-state index in [-0.39, 0.29) is 24.4 Å². The number of ether oxygens (including phenoxy) is 1. The lowest BCUT2D eigenvalue weighted by atomic mass is 9.92. The first kappa shape index (κ1) is 25.0. The molecular formula is C26H27ClFN7O2. The third-order valence-corrected chi connectivity index (χ3v) is 7.31. The number of pyridine rings is 1. The molecule has 0 aromatic carbocycles. The van der Waals surface area contributed by atoms with Gasteiger partial charge in [0.25, 0.3) is 0 Å². The third kappa shape index (κ3) is 4.49. The lowest BCUT2D eigenvalue weighted by Crippen LogP contribution is -2.60. The first-order chi connectivity index (χ1) is 17.8. The number of aryl methyl sites for hydroxylation is 1.